The van der Waals surface area contributed by atoms with Crippen LogP contribution in [0.1, 0.15) is 15.9 Å². The summed E-state index contributed by atoms with van der Waals surface area (Å²) in [5.41, 5.74) is -1.36. The fourth-order valence-electron chi connectivity index (χ4n) is 3.55. The fourth-order valence-corrected chi connectivity index (χ4v) is 3.55. The van der Waals surface area contributed by atoms with Gasteiger partial charge >= 0.3 is 6.18 Å². The van der Waals surface area contributed by atoms with Crippen molar-refractivity contribution in [1.82, 2.24) is 14.5 Å². The van der Waals surface area contributed by atoms with Gasteiger partial charge in [-0.3, -0.25) is 14.2 Å². The van der Waals surface area contributed by atoms with Crippen molar-refractivity contribution >= 4 is 22.6 Å². The van der Waals surface area contributed by atoms with Crippen molar-refractivity contribution in [2.45, 2.75) is 12.3 Å². The number of anilines is 1. The van der Waals surface area contributed by atoms with Crippen molar-refractivity contribution < 1.29 is 32.9 Å². The predicted molar refractivity (Wildman–Crippen MR) is 128 cm³/mol. The number of carbonyl (C=O) groups excluding carboxylic acids is 1. The molecule has 0 saturated carbocycles. The molecule has 37 heavy (non-hydrogen) atoms. The lowest BCUT2D eigenvalue weighted by molar-refractivity contribution is -0.137. The number of benzene rings is 2. The molecule has 2 aromatic carbocycles. The van der Waals surface area contributed by atoms with Crippen LogP contribution in [0.25, 0.3) is 22.3 Å². The zero-order valence-corrected chi connectivity index (χ0v) is 19.4. The molecule has 0 radical (unpaired) electrons. The number of para-hydroxylation sites is 1. The second kappa shape index (κ2) is 10.4. The highest BCUT2D eigenvalue weighted by atomic mass is 19.4. The number of aliphatic hydroxyl groups excluding tert-OH is 2. The van der Waals surface area contributed by atoms with Crippen LogP contribution in [0.3, 0.4) is 0 Å². The summed E-state index contributed by atoms with van der Waals surface area (Å²) < 4.78 is 46.1. The third-order valence-electron chi connectivity index (χ3n) is 5.40. The monoisotopic (exact) mass is 514 g/mol. The van der Waals surface area contributed by atoms with Crippen LogP contribution >= 0.6 is 0 Å². The Balaban J connectivity index is 1.72. The number of fused-ring (bicyclic) bond motifs is 1. The Kier molecular flexibility index (Phi) is 7.23. The van der Waals surface area contributed by atoms with Crippen LogP contribution in [-0.2, 0) is 13.2 Å². The number of nitrogens with one attached hydrogen (secondary N) is 1. The Morgan fingerprint density at radius 2 is 1.84 bits per heavy atom. The molecule has 1 amide bonds. The van der Waals surface area contributed by atoms with Crippen molar-refractivity contribution in [3.8, 4) is 17.3 Å². The molecule has 0 fully saturated rings. The molecule has 0 aliphatic heterocycles. The summed E-state index contributed by atoms with van der Waals surface area (Å²) in [7, 11) is 1.39. The van der Waals surface area contributed by atoms with Gasteiger partial charge in [-0.1, -0.05) is 24.3 Å². The van der Waals surface area contributed by atoms with E-state index < -0.39 is 35.9 Å². The summed E-state index contributed by atoms with van der Waals surface area (Å²) in [6.07, 6.45) is -5.69. The molecule has 0 spiro atoms. The number of alkyl halides is 3. The smallest absolute Gasteiger partial charge is 0.416 e. The van der Waals surface area contributed by atoms with Crippen molar-refractivity contribution in [2.75, 3.05) is 18.5 Å². The number of hydrogen-bond acceptors (Lipinski definition) is 7. The first kappa shape index (κ1) is 25.8. The fraction of sp³-hybridized carbons (Fsp3) is 0.200. The van der Waals surface area contributed by atoms with Gasteiger partial charge in [-0.05, 0) is 30.3 Å². The van der Waals surface area contributed by atoms with E-state index in [9.17, 15) is 27.9 Å². The number of hydrogen-bond donors (Lipinski definition) is 3. The Labute approximate surface area is 207 Å². The normalized spacial score (nSPS) is 12.4. The number of amides is 1. The van der Waals surface area contributed by atoms with Gasteiger partial charge in [0, 0.05) is 18.7 Å². The zero-order chi connectivity index (χ0) is 26.7. The second-order valence-corrected chi connectivity index (χ2v) is 8.04. The largest absolute Gasteiger partial charge is 0.475 e. The van der Waals surface area contributed by atoms with Gasteiger partial charge in [0.25, 0.3) is 11.5 Å². The molecule has 2 heterocycles. The molecule has 1 atom stereocenters. The van der Waals surface area contributed by atoms with E-state index in [1.807, 2.05) is 0 Å². The minimum absolute atomic E-state index is 0.00671. The summed E-state index contributed by atoms with van der Waals surface area (Å²) >= 11 is 0. The van der Waals surface area contributed by atoms with E-state index in [-0.39, 0.29) is 46.2 Å². The van der Waals surface area contributed by atoms with Gasteiger partial charge in [-0.15, -0.1) is 0 Å². The van der Waals surface area contributed by atoms with Crippen molar-refractivity contribution in [3.05, 3.63) is 82.1 Å². The Bertz CT molecular complexity index is 1520. The molecule has 0 bridgehead atoms. The van der Waals surface area contributed by atoms with Gasteiger partial charge in [0.2, 0.25) is 5.88 Å². The topological polar surface area (TPSA) is 127 Å². The van der Waals surface area contributed by atoms with Crippen molar-refractivity contribution in [2.24, 2.45) is 7.05 Å². The van der Waals surface area contributed by atoms with E-state index >= 15 is 0 Å². The van der Waals surface area contributed by atoms with Gasteiger partial charge in [0.05, 0.1) is 28.6 Å². The molecule has 0 saturated heterocycles. The number of carbonyl (C=O) groups is 1. The summed E-state index contributed by atoms with van der Waals surface area (Å²) in [5.74, 6) is -0.525. The molecule has 12 heteroatoms. The number of nitrogens with zero attached hydrogens (tertiary/aromatic N) is 3. The maximum Gasteiger partial charge on any atom is 0.416 e. The average molecular weight is 514 g/mol. The third kappa shape index (κ3) is 5.60. The highest BCUT2D eigenvalue weighted by Gasteiger charge is 2.31. The van der Waals surface area contributed by atoms with E-state index in [2.05, 4.69) is 15.3 Å². The number of ether oxygens (including phenoxy) is 1. The molecule has 4 rings (SSSR count). The highest BCUT2D eigenvalue weighted by molar-refractivity contribution is 6.11. The molecular formula is C25H21F3N4O5. The predicted octanol–water partition coefficient (Wildman–Crippen LogP) is 3.00. The van der Waals surface area contributed by atoms with Crippen LogP contribution in [0, 0.1) is 0 Å². The maximum atomic E-state index is 13.2. The van der Waals surface area contributed by atoms with E-state index in [4.69, 9.17) is 9.84 Å². The van der Waals surface area contributed by atoms with E-state index in [1.165, 1.54) is 49.5 Å². The molecule has 0 aliphatic carbocycles. The first-order valence-electron chi connectivity index (χ1n) is 11.0. The minimum Gasteiger partial charge on any atom is -0.475 e. The third-order valence-corrected chi connectivity index (χ3v) is 5.40. The first-order chi connectivity index (χ1) is 17.6. The molecule has 3 N–H and O–H groups in total. The standard InChI is InChI=1S/C25H21F3N4O5/c1-32-22(14-5-2-6-15(11-14)25(26,27)28)31-21-17(7-3-8-18(21)24(32)36)23(35)30-19-9-4-10-20(29-19)37-13-16(34)12-33/h2-11,16,33-34H,12-13H2,1H3,(H,29,30,35)/t16-/m1/s1. The van der Waals surface area contributed by atoms with Crippen LogP contribution in [-0.4, -0.2) is 50.0 Å². The molecular weight excluding hydrogens is 493 g/mol. The molecule has 192 valence electrons. The van der Waals surface area contributed by atoms with Crippen LogP contribution in [0.2, 0.25) is 0 Å². The Hall–Kier alpha value is -4.29. The van der Waals surface area contributed by atoms with Gasteiger partial charge in [-0.2, -0.15) is 18.2 Å². The van der Waals surface area contributed by atoms with E-state index in [0.717, 1.165) is 16.7 Å². The van der Waals surface area contributed by atoms with Crippen LogP contribution < -0.4 is 15.6 Å². The molecule has 4 aromatic rings. The number of rotatable bonds is 7. The highest BCUT2D eigenvalue weighted by Crippen LogP contribution is 2.32. The number of aliphatic hydroxyl groups is 2. The SMILES string of the molecule is Cn1c(-c2cccc(C(F)(F)F)c2)nc2c(C(=O)Nc3cccc(OC[C@H](O)CO)n3)cccc2c1=O. The first-order valence-corrected chi connectivity index (χ1v) is 11.0. The van der Waals surface area contributed by atoms with Gasteiger partial charge < -0.3 is 20.3 Å². The molecule has 2 aromatic heterocycles. The zero-order valence-electron chi connectivity index (χ0n) is 19.4. The quantitative estimate of drug-likeness (QED) is 0.346. The lowest BCUT2D eigenvalue weighted by Crippen LogP contribution is -2.23. The lowest BCUT2D eigenvalue weighted by Gasteiger charge is -2.14. The van der Waals surface area contributed by atoms with E-state index in [1.54, 1.807) is 6.07 Å². The Morgan fingerprint density at radius 1 is 1.11 bits per heavy atom. The summed E-state index contributed by atoms with van der Waals surface area (Å²) in [4.78, 5) is 34.7. The second-order valence-electron chi connectivity index (χ2n) is 8.04. The van der Waals surface area contributed by atoms with Crippen molar-refractivity contribution in [3.63, 3.8) is 0 Å². The maximum absolute atomic E-state index is 13.2. The molecule has 9 nitrogen and oxygen atoms in total. The lowest BCUT2D eigenvalue weighted by atomic mass is 10.1. The number of aromatic nitrogens is 3. The van der Waals surface area contributed by atoms with Crippen LogP contribution in [0.4, 0.5) is 19.0 Å². The summed E-state index contributed by atoms with van der Waals surface area (Å²) in [6, 6.07) is 13.3. The summed E-state index contributed by atoms with van der Waals surface area (Å²) in [6.45, 7) is -0.706. The van der Waals surface area contributed by atoms with Gasteiger partial charge in [0.15, 0.2) is 0 Å². The number of pyridine rings is 1. The van der Waals surface area contributed by atoms with Crippen LogP contribution in [0.5, 0.6) is 5.88 Å². The van der Waals surface area contributed by atoms with Crippen molar-refractivity contribution in [1.29, 1.82) is 0 Å². The number of halogens is 3. The van der Waals surface area contributed by atoms with E-state index in [0.29, 0.717) is 0 Å². The Morgan fingerprint density at radius 3 is 2.57 bits per heavy atom. The van der Waals surface area contributed by atoms with Gasteiger partial charge in [0.1, 0.15) is 24.4 Å². The average Bonchev–Trinajstić information content (AvgIpc) is 2.88. The van der Waals surface area contributed by atoms with Crippen LogP contribution in [0.15, 0.2) is 65.5 Å². The minimum atomic E-state index is -4.59. The van der Waals surface area contributed by atoms with Gasteiger partial charge in [-0.25, -0.2) is 4.98 Å². The summed E-state index contributed by atoms with van der Waals surface area (Å²) in [5, 5.41) is 21.0. The molecule has 0 unspecified atom stereocenters. The molecule has 0 aliphatic rings.